The van der Waals surface area contributed by atoms with E-state index >= 15 is 0 Å². The summed E-state index contributed by atoms with van der Waals surface area (Å²) in [6, 6.07) is 3.30. The molecule has 1 fully saturated rings. The first-order valence-electron chi connectivity index (χ1n) is 9.84. The van der Waals surface area contributed by atoms with Crippen LogP contribution in [0, 0.1) is 0 Å². The maximum absolute atomic E-state index is 13.1. The van der Waals surface area contributed by atoms with Crippen molar-refractivity contribution >= 4 is 17.5 Å². The van der Waals surface area contributed by atoms with Crippen molar-refractivity contribution in [2.24, 2.45) is 0 Å². The molecule has 4 rings (SSSR count). The molecule has 1 atom stereocenters. The SMILES string of the molecule is COCCc1noc(C2CCCCN2C(=O)Cc2cc3c(cc2Cl)OCCO3)n1. The molecule has 1 aromatic heterocycles. The highest BCUT2D eigenvalue weighted by Gasteiger charge is 2.32. The van der Waals surface area contributed by atoms with E-state index in [-0.39, 0.29) is 18.4 Å². The molecule has 156 valence electrons. The quantitative estimate of drug-likeness (QED) is 0.708. The third kappa shape index (κ3) is 4.48. The minimum absolute atomic E-state index is 0.0232. The number of halogens is 1. The van der Waals surface area contributed by atoms with Crippen LogP contribution in [-0.4, -0.2) is 54.4 Å². The molecule has 2 aliphatic rings. The fourth-order valence-corrected chi connectivity index (χ4v) is 3.91. The summed E-state index contributed by atoms with van der Waals surface area (Å²) in [5, 5.41) is 4.51. The van der Waals surface area contributed by atoms with Crippen LogP contribution in [0.3, 0.4) is 0 Å². The van der Waals surface area contributed by atoms with Gasteiger partial charge in [0.25, 0.3) is 0 Å². The number of fused-ring (bicyclic) bond motifs is 1. The molecular weight excluding hydrogens is 398 g/mol. The molecule has 0 saturated carbocycles. The zero-order chi connectivity index (χ0) is 20.2. The van der Waals surface area contributed by atoms with Crippen LogP contribution in [0.4, 0.5) is 0 Å². The number of hydrogen-bond donors (Lipinski definition) is 0. The molecule has 3 heterocycles. The number of likely N-dealkylation sites (tertiary alicyclic amines) is 1. The Labute approximate surface area is 174 Å². The van der Waals surface area contributed by atoms with Gasteiger partial charge >= 0.3 is 0 Å². The molecule has 2 aliphatic heterocycles. The first-order chi connectivity index (χ1) is 14.2. The predicted octanol–water partition coefficient (Wildman–Crippen LogP) is 2.98. The number of ether oxygens (including phenoxy) is 3. The molecule has 1 saturated heterocycles. The lowest BCUT2D eigenvalue weighted by molar-refractivity contribution is -0.135. The Morgan fingerprint density at radius 1 is 1.28 bits per heavy atom. The summed E-state index contributed by atoms with van der Waals surface area (Å²) in [5.41, 5.74) is 0.719. The minimum Gasteiger partial charge on any atom is -0.486 e. The van der Waals surface area contributed by atoms with Crippen LogP contribution in [0.1, 0.15) is 42.6 Å². The van der Waals surface area contributed by atoms with Crippen molar-refractivity contribution in [1.29, 1.82) is 0 Å². The van der Waals surface area contributed by atoms with Crippen LogP contribution in [0.15, 0.2) is 16.7 Å². The second kappa shape index (κ2) is 9.00. The van der Waals surface area contributed by atoms with Crippen LogP contribution >= 0.6 is 11.6 Å². The number of rotatable bonds is 6. The Bertz CT molecular complexity index is 872. The summed E-state index contributed by atoms with van der Waals surface area (Å²) in [6.45, 7) is 2.16. The van der Waals surface area contributed by atoms with Crippen LogP contribution in [0.2, 0.25) is 5.02 Å². The van der Waals surface area contributed by atoms with Gasteiger partial charge in [0.15, 0.2) is 17.3 Å². The summed E-state index contributed by atoms with van der Waals surface area (Å²) in [6.07, 6.45) is 3.51. The van der Waals surface area contributed by atoms with Gasteiger partial charge in [-0.1, -0.05) is 16.8 Å². The van der Waals surface area contributed by atoms with E-state index in [1.54, 1.807) is 19.2 Å². The molecule has 0 aliphatic carbocycles. The van der Waals surface area contributed by atoms with Crippen molar-refractivity contribution in [2.45, 2.75) is 38.1 Å². The van der Waals surface area contributed by atoms with Crippen molar-refractivity contribution in [3.05, 3.63) is 34.4 Å². The lowest BCUT2D eigenvalue weighted by atomic mass is 10.0. The fourth-order valence-electron chi connectivity index (χ4n) is 3.69. The highest BCUT2D eigenvalue weighted by atomic mass is 35.5. The van der Waals surface area contributed by atoms with Gasteiger partial charge in [0.05, 0.1) is 13.0 Å². The second-order valence-electron chi connectivity index (χ2n) is 7.15. The lowest BCUT2D eigenvalue weighted by Crippen LogP contribution is -2.39. The molecule has 1 aromatic carbocycles. The normalized spacial score (nSPS) is 18.7. The second-order valence-corrected chi connectivity index (χ2v) is 7.56. The largest absolute Gasteiger partial charge is 0.486 e. The lowest BCUT2D eigenvalue weighted by Gasteiger charge is -2.33. The molecular formula is C20H24ClN3O5. The molecule has 9 heteroatoms. The van der Waals surface area contributed by atoms with Crippen molar-refractivity contribution in [3.63, 3.8) is 0 Å². The molecule has 0 radical (unpaired) electrons. The zero-order valence-corrected chi connectivity index (χ0v) is 17.1. The monoisotopic (exact) mass is 421 g/mol. The van der Waals surface area contributed by atoms with Gasteiger partial charge in [-0.3, -0.25) is 4.79 Å². The fraction of sp³-hybridized carbons (Fsp3) is 0.550. The van der Waals surface area contributed by atoms with Crippen LogP contribution in [0.25, 0.3) is 0 Å². The Hall–Kier alpha value is -2.32. The number of piperidine rings is 1. The van der Waals surface area contributed by atoms with Gasteiger partial charge in [-0.2, -0.15) is 4.98 Å². The Kier molecular flexibility index (Phi) is 6.20. The van der Waals surface area contributed by atoms with E-state index < -0.39 is 0 Å². The highest BCUT2D eigenvalue weighted by Crippen LogP contribution is 2.36. The number of carbonyl (C=O) groups excluding carboxylic acids is 1. The van der Waals surface area contributed by atoms with Gasteiger partial charge in [-0.25, -0.2) is 0 Å². The van der Waals surface area contributed by atoms with E-state index in [0.29, 0.717) is 61.0 Å². The topological polar surface area (TPSA) is 86.9 Å². The Morgan fingerprint density at radius 2 is 2.07 bits per heavy atom. The van der Waals surface area contributed by atoms with E-state index in [2.05, 4.69) is 10.1 Å². The molecule has 8 nitrogen and oxygen atoms in total. The molecule has 0 bridgehead atoms. The number of benzene rings is 1. The van der Waals surface area contributed by atoms with E-state index in [9.17, 15) is 4.79 Å². The maximum Gasteiger partial charge on any atom is 0.249 e. The Balaban J connectivity index is 1.50. The summed E-state index contributed by atoms with van der Waals surface area (Å²) in [7, 11) is 1.63. The van der Waals surface area contributed by atoms with Gasteiger partial charge in [0.1, 0.15) is 19.3 Å². The standard InChI is InChI=1S/C20H24ClN3O5/c1-26-7-5-18-22-20(29-23-18)15-4-2-3-6-24(15)19(25)11-13-10-16-17(12-14(13)21)28-9-8-27-16/h10,12,15H,2-9,11H2,1H3. The summed E-state index contributed by atoms with van der Waals surface area (Å²) in [4.78, 5) is 19.4. The predicted molar refractivity (Wildman–Crippen MR) is 104 cm³/mol. The molecule has 0 N–H and O–H groups in total. The number of amides is 1. The van der Waals surface area contributed by atoms with Gasteiger partial charge in [0.2, 0.25) is 11.8 Å². The van der Waals surface area contributed by atoms with Crippen LogP contribution < -0.4 is 9.47 Å². The van der Waals surface area contributed by atoms with E-state index in [4.69, 9.17) is 30.3 Å². The van der Waals surface area contributed by atoms with Crippen molar-refractivity contribution < 1.29 is 23.5 Å². The number of nitrogens with zero attached hydrogens (tertiary/aromatic N) is 3. The average Bonchev–Trinajstić information content (AvgIpc) is 3.21. The van der Waals surface area contributed by atoms with Crippen molar-refractivity contribution in [1.82, 2.24) is 15.0 Å². The summed E-state index contributed by atoms with van der Waals surface area (Å²) >= 11 is 6.39. The zero-order valence-electron chi connectivity index (χ0n) is 16.4. The number of methoxy groups -OCH3 is 1. The van der Waals surface area contributed by atoms with Gasteiger partial charge in [0, 0.05) is 31.2 Å². The molecule has 1 amide bonds. The number of carbonyl (C=O) groups is 1. The smallest absolute Gasteiger partial charge is 0.249 e. The van der Waals surface area contributed by atoms with Crippen LogP contribution in [-0.2, 0) is 22.4 Å². The summed E-state index contributed by atoms with van der Waals surface area (Å²) in [5.74, 6) is 2.29. The Morgan fingerprint density at radius 3 is 2.86 bits per heavy atom. The third-order valence-electron chi connectivity index (χ3n) is 5.17. The van der Waals surface area contributed by atoms with Crippen molar-refractivity contribution in [2.75, 3.05) is 33.5 Å². The van der Waals surface area contributed by atoms with Crippen LogP contribution in [0.5, 0.6) is 11.5 Å². The molecule has 1 unspecified atom stereocenters. The molecule has 29 heavy (non-hydrogen) atoms. The maximum atomic E-state index is 13.1. The van der Waals surface area contributed by atoms with Gasteiger partial charge < -0.3 is 23.6 Å². The molecule has 0 spiro atoms. The highest BCUT2D eigenvalue weighted by molar-refractivity contribution is 6.31. The van der Waals surface area contributed by atoms with Crippen molar-refractivity contribution in [3.8, 4) is 11.5 Å². The number of aromatic nitrogens is 2. The summed E-state index contributed by atoms with van der Waals surface area (Å²) < 4.78 is 21.7. The first-order valence-corrected chi connectivity index (χ1v) is 10.2. The first kappa shape index (κ1) is 20.0. The third-order valence-corrected chi connectivity index (χ3v) is 5.53. The van der Waals surface area contributed by atoms with Gasteiger partial charge in [-0.05, 0) is 30.9 Å². The van der Waals surface area contributed by atoms with Gasteiger partial charge in [-0.15, -0.1) is 0 Å². The van der Waals surface area contributed by atoms with E-state index in [1.165, 1.54) is 0 Å². The average molecular weight is 422 g/mol. The van der Waals surface area contributed by atoms with E-state index in [0.717, 1.165) is 24.8 Å². The minimum atomic E-state index is -0.212. The van der Waals surface area contributed by atoms with E-state index in [1.807, 2.05) is 4.90 Å². The molecule has 2 aromatic rings. The number of hydrogen-bond acceptors (Lipinski definition) is 7.